The van der Waals surface area contributed by atoms with Crippen LogP contribution < -0.4 is 11.1 Å². The molecule has 0 aromatic carbocycles. The van der Waals surface area contributed by atoms with E-state index in [4.69, 9.17) is 5.73 Å². The normalized spacial score (nSPS) is 10.3. The molecule has 0 unspecified atom stereocenters. The van der Waals surface area contributed by atoms with Gasteiger partial charge >= 0.3 is 0 Å². The average molecular weight is 262 g/mol. The van der Waals surface area contributed by atoms with E-state index in [1.807, 2.05) is 25.3 Å². The fourth-order valence-electron chi connectivity index (χ4n) is 1.44. The molecule has 1 amide bonds. The Bertz CT molecular complexity index is 579. The summed E-state index contributed by atoms with van der Waals surface area (Å²) in [5.74, 6) is -0.155. The molecule has 0 aliphatic heterocycles. The molecule has 2 rings (SSSR count). The van der Waals surface area contributed by atoms with Crippen molar-refractivity contribution in [3.63, 3.8) is 0 Å². The van der Waals surface area contributed by atoms with E-state index in [0.29, 0.717) is 17.2 Å². The number of hydrogen-bond acceptors (Lipinski definition) is 5. The van der Waals surface area contributed by atoms with Crippen LogP contribution >= 0.6 is 11.3 Å². The maximum atomic E-state index is 11.9. The Kier molecular flexibility index (Phi) is 3.57. The van der Waals surface area contributed by atoms with Gasteiger partial charge in [-0.25, -0.2) is 4.98 Å². The van der Waals surface area contributed by atoms with E-state index in [2.05, 4.69) is 15.3 Å². The number of pyridine rings is 1. The molecule has 2 aromatic rings. The Morgan fingerprint density at radius 1 is 1.50 bits per heavy atom. The smallest absolute Gasteiger partial charge is 0.253 e. The number of amides is 1. The number of rotatable bonds is 3. The molecular weight excluding hydrogens is 248 g/mol. The van der Waals surface area contributed by atoms with Gasteiger partial charge in [0.1, 0.15) is 0 Å². The predicted octanol–water partition coefficient (Wildman–Crippen LogP) is 1.67. The van der Waals surface area contributed by atoms with Crippen LogP contribution in [0, 0.1) is 13.8 Å². The lowest BCUT2D eigenvalue weighted by atomic mass is 10.1. The van der Waals surface area contributed by atoms with Crippen LogP contribution in [0.2, 0.25) is 0 Å². The SMILES string of the molecule is Cc1cc(C(=O)NCc2csc(N)n2)cnc1C. The van der Waals surface area contributed by atoms with Crippen molar-refractivity contribution in [1.29, 1.82) is 0 Å². The van der Waals surface area contributed by atoms with E-state index in [1.54, 1.807) is 6.20 Å². The zero-order valence-electron chi connectivity index (χ0n) is 10.2. The molecule has 0 aliphatic carbocycles. The molecule has 18 heavy (non-hydrogen) atoms. The Morgan fingerprint density at radius 2 is 2.28 bits per heavy atom. The van der Waals surface area contributed by atoms with E-state index >= 15 is 0 Å². The van der Waals surface area contributed by atoms with E-state index < -0.39 is 0 Å². The van der Waals surface area contributed by atoms with E-state index in [0.717, 1.165) is 17.0 Å². The van der Waals surface area contributed by atoms with Gasteiger partial charge in [0.15, 0.2) is 5.13 Å². The minimum atomic E-state index is -0.155. The third-order valence-corrected chi connectivity index (χ3v) is 3.32. The monoisotopic (exact) mass is 262 g/mol. The number of carbonyl (C=O) groups is 1. The summed E-state index contributed by atoms with van der Waals surface area (Å²) in [5, 5.41) is 5.12. The van der Waals surface area contributed by atoms with Gasteiger partial charge in [-0.2, -0.15) is 0 Å². The molecule has 0 saturated carbocycles. The van der Waals surface area contributed by atoms with Crippen LogP contribution in [0.1, 0.15) is 27.3 Å². The van der Waals surface area contributed by atoms with Gasteiger partial charge < -0.3 is 11.1 Å². The average Bonchev–Trinajstić information content (AvgIpc) is 2.75. The highest BCUT2D eigenvalue weighted by atomic mass is 32.1. The first kappa shape index (κ1) is 12.5. The van der Waals surface area contributed by atoms with E-state index in [9.17, 15) is 4.79 Å². The zero-order valence-corrected chi connectivity index (χ0v) is 11.0. The van der Waals surface area contributed by atoms with Gasteiger partial charge in [-0.3, -0.25) is 9.78 Å². The number of hydrogen-bond donors (Lipinski definition) is 2. The number of aryl methyl sites for hydroxylation is 2. The molecule has 0 atom stereocenters. The van der Waals surface area contributed by atoms with Crippen molar-refractivity contribution in [3.05, 3.63) is 40.2 Å². The zero-order chi connectivity index (χ0) is 13.1. The lowest BCUT2D eigenvalue weighted by molar-refractivity contribution is 0.0950. The first-order valence-electron chi connectivity index (χ1n) is 5.47. The van der Waals surface area contributed by atoms with E-state index in [1.165, 1.54) is 11.3 Å². The maximum absolute atomic E-state index is 11.9. The lowest BCUT2D eigenvalue weighted by Crippen LogP contribution is -2.23. The van der Waals surface area contributed by atoms with Crippen LogP contribution in [0.5, 0.6) is 0 Å². The van der Waals surface area contributed by atoms with E-state index in [-0.39, 0.29) is 5.91 Å². The number of thiazole rings is 1. The molecule has 0 aliphatic rings. The third-order valence-electron chi connectivity index (χ3n) is 2.60. The molecular formula is C12H14N4OS. The topological polar surface area (TPSA) is 80.9 Å². The highest BCUT2D eigenvalue weighted by Gasteiger charge is 2.08. The Balaban J connectivity index is 2.01. The van der Waals surface area contributed by atoms with Gasteiger partial charge in [0, 0.05) is 17.3 Å². The summed E-state index contributed by atoms with van der Waals surface area (Å²) in [7, 11) is 0. The number of nitrogens with zero attached hydrogens (tertiary/aromatic N) is 2. The Hall–Kier alpha value is -1.95. The van der Waals surface area contributed by atoms with Crippen molar-refractivity contribution < 1.29 is 4.79 Å². The van der Waals surface area contributed by atoms with Crippen LogP contribution in [-0.4, -0.2) is 15.9 Å². The molecule has 0 radical (unpaired) electrons. The van der Waals surface area contributed by atoms with Crippen LogP contribution in [0.4, 0.5) is 5.13 Å². The highest BCUT2D eigenvalue weighted by molar-refractivity contribution is 7.13. The fourth-order valence-corrected chi connectivity index (χ4v) is 2.01. The van der Waals surface area contributed by atoms with Crippen LogP contribution in [-0.2, 0) is 6.54 Å². The number of anilines is 1. The fraction of sp³-hybridized carbons (Fsp3) is 0.250. The highest BCUT2D eigenvalue weighted by Crippen LogP contribution is 2.11. The molecule has 0 spiro atoms. The van der Waals surface area contributed by atoms with Gasteiger partial charge in [-0.15, -0.1) is 11.3 Å². The quantitative estimate of drug-likeness (QED) is 0.881. The predicted molar refractivity (Wildman–Crippen MR) is 71.4 cm³/mol. The van der Waals surface area contributed by atoms with Crippen LogP contribution in [0.3, 0.4) is 0 Å². The second kappa shape index (κ2) is 5.14. The number of nitrogen functional groups attached to an aromatic ring is 1. The summed E-state index contributed by atoms with van der Waals surface area (Å²) in [5.41, 5.74) is 8.77. The van der Waals surface area contributed by atoms with Crippen molar-refractivity contribution in [3.8, 4) is 0 Å². The van der Waals surface area contributed by atoms with Gasteiger partial charge in [0.25, 0.3) is 5.91 Å². The Morgan fingerprint density at radius 3 is 2.89 bits per heavy atom. The standard InChI is InChI=1S/C12H14N4OS/c1-7-3-9(4-14-8(7)2)11(17)15-5-10-6-18-12(13)16-10/h3-4,6H,5H2,1-2H3,(H2,13,16)(H,15,17). The number of carbonyl (C=O) groups excluding carboxylic acids is 1. The molecule has 0 fully saturated rings. The first-order valence-corrected chi connectivity index (χ1v) is 6.35. The molecule has 2 heterocycles. The van der Waals surface area contributed by atoms with Gasteiger partial charge in [0.05, 0.1) is 17.8 Å². The summed E-state index contributed by atoms with van der Waals surface area (Å²) in [6.45, 7) is 4.22. The summed E-state index contributed by atoms with van der Waals surface area (Å²) in [6, 6.07) is 1.83. The molecule has 3 N–H and O–H groups in total. The van der Waals surface area contributed by atoms with Crippen molar-refractivity contribution in [1.82, 2.24) is 15.3 Å². The molecule has 0 bridgehead atoms. The molecule has 94 valence electrons. The number of nitrogens with two attached hydrogens (primary N) is 1. The Labute approximate surface area is 109 Å². The summed E-state index contributed by atoms with van der Waals surface area (Å²) < 4.78 is 0. The second-order valence-corrected chi connectivity index (χ2v) is 4.88. The molecule has 6 heteroatoms. The van der Waals surface area contributed by atoms with Gasteiger partial charge in [-0.1, -0.05) is 0 Å². The second-order valence-electron chi connectivity index (χ2n) is 3.99. The summed E-state index contributed by atoms with van der Waals surface area (Å²) in [6.07, 6.45) is 1.58. The lowest BCUT2D eigenvalue weighted by Gasteiger charge is -2.05. The van der Waals surface area contributed by atoms with Crippen molar-refractivity contribution >= 4 is 22.4 Å². The van der Waals surface area contributed by atoms with Crippen molar-refractivity contribution in [2.24, 2.45) is 0 Å². The molecule has 2 aromatic heterocycles. The first-order chi connectivity index (χ1) is 8.56. The van der Waals surface area contributed by atoms with Gasteiger partial charge in [0.2, 0.25) is 0 Å². The van der Waals surface area contributed by atoms with Crippen molar-refractivity contribution in [2.75, 3.05) is 5.73 Å². The van der Waals surface area contributed by atoms with Gasteiger partial charge in [-0.05, 0) is 25.5 Å². The molecule has 5 nitrogen and oxygen atoms in total. The van der Waals surface area contributed by atoms with Crippen LogP contribution in [0.25, 0.3) is 0 Å². The summed E-state index contributed by atoms with van der Waals surface area (Å²) in [4.78, 5) is 20.1. The van der Waals surface area contributed by atoms with Crippen LogP contribution in [0.15, 0.2) is 17.6 Å². The number of nitrogens with one attached hydrogen (secondary N) is 1. The third kappa shape index (κ3) is 2.84. The molecule has 0 saturated heterocycles. The minimum absolute atomic E-state index is 0.155. The minimum Gasteiger partial charge on any atom is -0.375 e. The summed E-state index contributed by atoms with van der Waals surface area (Å²) >= 11 is 1.36. The number of aromatic nitrogens is 2. The maximum Gasteiger partial charge on any atom is 0.253 e. The largest absolute Gasteiger partial charge is 0.375 e. The van der Waals surface area contributed by atoms with Crippen molar-refractivity contribution in [2.45, 2.75) is 20.4 Å².